The maximum absolute atomic E-state index is 10.5. The van der Waals surface area contributed by atoms with Crippen molar-refractivity contribution in [1.82, 2.24) is 0 Å². The summed E-state index contributed by atoms with van der Waals surface area (Å²) in [5.74, 6) is 0. The van der Waals surface area contributed by atoms with Gasteiger partial charge >= 0.3 is 0 Å². The minimum atomic E-state index is -1.46. The fourth-order valence-corrected chi connectivity index (χ4v) is 2.71. The molecule has 0 unspecified atom stereocenters. The van der Waals surface area contributed by atoms with Crippen LogP contribution in [-0.2, 0) is 22.7 Å². The van der Waals surface area contributed by atoms with Crippen molar-refractivity contribution in [3.05, 3.63) is 71.8 Å². The molecule has 0 aliphatic carbocycles. The van der Waals surface area contributed by atoms with Gasteiger partial charge in [-0.05, 0) is 24.4 Å². The lowest BCUT2D eigenvalue weighted by atomic mass is 9.90. The average Bonchev–Trinajstić information content (AvgIpc) is 2.73. The Bertz CT molecular complexity index is 640. The van der Waals surface area contributed by atoms with E-state index in [0.717, 1.165) is 11.1 Å². The molecule has 3 atom stereocenters. The van der Waals surface area contributed by atoms with Crippen LogP contribution in [0.15, 0.2) is 60.7 Å². The van der Waals surface area contributed by atoms with Gasteiger partial charge in [-0.1, -0.05) is 60.7 Å². The van der Waals surface area contributed by atoms with Crippen molar-refractivity contribution in [2.45, 2.75) is 44.3 Å². The molecule has 0 fully saturated rings. The number of benzene rings is 2. The molecule has 0 aliphatic rings. The summed E-state index contributed by atoms with van der Waals surface area (Å²) in [6.07, 6.45) is -1.89. The van der Waals surface area contributed by atoms with E-state index in [1.54, 1.807) is 0 Å². The van der Waals surface area contributed by atoms with Crippen molar-refractivity contribution in [3.8, 4) is 0 Å². The number of aliphatic hydroxyl groups is 3. The van der Waals surface area contributed by atoms with Gasteiger partial charge in [-0.3, -0.25) is 0 Å². The van der Waals surface area contributed by atoms with E-state index in [1.165, 1.54) is 0 Å². The Morgan fingerprint density at radius 3 is 2.04 bits per heavy atom. The molecule has 0 aliphatic heterocycles. The quantitative estimate of drug-likeness (QED) is 0.572. The van der Waals surface area contributed by atoms with Gasteiger partial charge < -0.3 is 24.8 Å². The van der Waals surface area contributed by atoms with Gasteiger partial charge in [0.1, 0.15) is 11.7 Å². The summed E-state index contributed by atoms with van der Waals surface area (Å²) in [5.41, 5.74) is 0.356. The maximum Gasteiger partial charge on any atom is 0.120 e. The van der Waals surface area contributed by atoms with Crippen LogP contribution in [-0.4, -0.2) is 46.3 Å². The van der Waals surface area contributed by atoms with Crippen LogP contribution in [0.1, 0.15) is 25.8 Å². The highest BCUT2D eigenvalue weighted by Crippen LogP contribution is 2.28. The first-order chi connectivity index (χ1) is 13.2. The fourth-order valence-electron chi connectivity index (χ4n) is 2.71. The zero-order valence-electron chi connectivity index (χ0n) is 15.8. The Hall–Kier alpha value is -1.76. The van der Waals surface area contributed by atoms with Gasteiger partial charge in [-0.15, -0.1) is 0 Å². The largest absolute Gasteiger partial charge is 0.396 e. The summed E-state index contributed by atoms with van der Waals surface area (Å²) in [5, 5.41) is 29.5. The van der Waals surface area contributed by atoms with Crippen LogP contribution in [0.4, 0.5) is 0 Å². The van der Waals surface area contributed by atoms with Crippen LogP contribution in [0.25, 0.3) is 0 Å². The molecule has 0 spiro atoms. The van der Waals surface area contributed by atoms with Gasteiger partial charge in [0.25, 0.3) is 0 Å². The SMILES string of the molecule is [2H]C[C@@](OCc1ccccc1)([C@H](O)CO)[C@@H](CCO)OCc1ccccc1. The molecule has 0 saturated heterocycles. The average molecular weight is 361 g/mol. The van der Waals surface area contributed by atoms with Crippen molar-refractivity contribution in [1.29, 1.82) is 0 Å². The molecule has 0 saturated carbocycles. The number of ether oxygens (including phenoxy) is 2. The van der Waals surface area contributed by atoms with Crippen molar-refractivity contribution in [2.75, 3.05) is 13.2 Å². The Morgan fingerprint density at radius 1 is 0.962 bits per heavy atom. The van der Waals surface area contributed by atoms with Gasteiger partial charge in [-0.2, -0.15) is 0 Å². The second-order valence-corrected chi connectivity index (χ2v) is 6.23. The molecule has 142 valence electrons. The second-order valence-electron chi connectivity index (χ2n) is 6.23. The molecule has 26 heavy (non-hydrogen) atoms. The zero-order valence-corrected chi connectivity index (χ0v) is 14.8. The van der Waals surface area contributed by atoms with E-state index in [2.05, 4.69) is 0 Å². The van der Waals surface area contributed by atoms with Gasteiger partial charge in [-0.25, -0.2) is 0 Å². The summed E-state index contributed by atoms with van der Waals surface area (Å²) >= 11 is 0. The third-order valence-electron chi connectivity index (χ3n) is 4.32. The number of hydrogen-bond donors (Lipinski definition) is 3. The number of hydrogen-bond acceptors (Lipinski definition) is 5. The Balaban J connectivity index is 2.20. The molecule has 3 N–H and O–H groups in total. The molecule has 2 rings (SSSR count). The molecule has 0 radical (unpaired) electrons. The van der Waals surface area contributed by atoms with Crippen molar-refractivity contribution in [2.24, 2.45) is 0 Å². The van der Waals surface area contributed by atoms with Gasteiger partial charge in [0.15, 0.2) is 0 Å². The smallest absolute Gasteiger partial charge is 0.120 e. The van der Waals surface area contributed by atoms with E-state index < -0.39 is 24.4 Å². The summed E-state index contributed by atoms with van der Waals surface area (Å²) in [6.45, 7) is -0.660. The van der Waals surface area contributed by atoms with Crippen LogP contribution in [0, 0.1) is 0 Å². The summed E-state index contributed by atoms with van der Waals surface area (Å²) in [7, 11) is 0. The van der Waals surface area contributed by atoms with Crippen molar-refractivity contribution >= 4 is 0 Å². The highest BCUT2D eigenvalue weighted by molar-refractivity contribution is 5.14. The van der Waals surface area contributed by atoms with Crippen molar-refractivity contribution in [3.63, 3.8) is 0 Å². The maximum atomic E-state index is 10.5. The van der Waals surface area contributed by atoms with Gasteiger partial charge in [0.2, 0.25) is 0 Å². The third-order valence-corrected chi connectivity index (χ3v) is 4.32. The molecule has 5 nitrogen and oxygen atoms in total. The normalized spacial score (nSPS) is 16.5. The summed E-state index contributed by atoms with van der Waals surface area (Å²) in [4.78, 5) is 0. The monoisotopic (exact) mass is 361 g/mol. The van der Waals surface area contributed by atoms with Crippen LogP contribution in [0.2, 0.25) is 0 Å². The minimum absolute atomic E-state index is 0.160. The van der Waals surface area contributed by atoms with E-state index in [1.807, 2.05) is 60.7 Å². The molecule has 0 aromatic heterocycles. The summed E-state index contributed by atoms with van der Waals surface area (Å²) < 4.78 is 20.0. The van der Waals surface area contributed by atoms with Crippen LogP contribution in [0.5, 0.6) is 0 Å². The Morgan fingerprint density at radius 2 is 1.54 bits per heavy atom. The molecule has 0 heterocycles. The van der Waals surface area contributed by atoms with Crippen molar-refractivity contribution < 1.29 is 26.2 Å². The Labute approximate surface area is 156 Å². The highest BCUT2D eigenvalue weighted by atomic mass is 16.6. The predicted molar refractivity (Wildman–Crippen MR) is 99.5 cm³/mol. The van der Waals surface area contributed by atoms with Gasteiger partial charge in [0, 0.05) is 7.98 Å². The molecule has 0 bridgehead atoms. The lowest BCUT2D eigenvalue weighted by molar-refractivity contribution is -0.206. The Kier molecular flexibility index (Phi) is 7.61. The molecule has 0 amide bonds. The second kappa shape index (κ2) is 10.4. The van der Waals surface area contributed by atoms with E-state index >= 15 is 0 Å². The van der Waals surface area contributed by atoms with Crippen LogP contribution < -0.4 is 0 Å². The standard InChI is InChI=1S/C21H28O5/c1-21(19(24)14-23,26-16-18-10-6-3-7-11-18)20(12-13-22)25-15-17-8-4-2-5-9-17/h2-11,19-20,22-24H,12-16H2,1H3/t19-,20-,21-/m1/s1/i1D. The lowest BCUT2D eigenvalue weighted by Crippen LogP contribution is -2.54. The zero-order chi connectivity index (χ0) is 19.5. The third kappa shape index (κ3) is 5.62. The number of rotatable bonds is 11. The van der Waals surface area contributed by atoms with E-state index in [9.17, 15) is 15.3 Å². The first-order valence-electron chi connectivity index (χ1n) is 9.39. The molecule has 2 aromatic carbocycles. The van der Waals surface area contributed by atoms with E-state index in [0.29, 0.717) is 0 Å². The minimum Gasteiger partial charge on any atom is -0.396 e. The fraction of sp³-hybridized carbons (Fsp3) is 0.429. The van der Waals surface area contributed by atoms with Crippen LogP contribution in [0.3, 0.4) is 0 Å². The summed E-state index contributed by atoms with van der Waals surface area (Å²) in [6, 6.07) is 18.9. The molecule has 5 heteroatoms. The first-order valence-corrected chi connectivity index (χ1v) is 8.68. The topological polar surface area (TPSA) is 79.2 Å². The van der Waals surface area contributed by atoms with Crippen LogP contribution >= 0.6 is 0 Å². The molecule has 2 aromatic rings. The predicted octanol–water partition coefficient (Wildman–Crippen LogP) is 2.28. The van der Waals surface area contributed by atoms with E-state index in [4.69, 9.17) is 10.8 Å². The lowest BCUT2D eigenvalue weighted by Gasteiger charge is -2.40. The highest BCUT2D eigenvalue weighted by Gasteiger charge is 2.42. The van der Waals surface area contributed by atoms with E-state index in [-0.39, 0.29) is 33.1 Å². The first kappa shape index (κ1) is 19.0. The number of aliphatic hydroxyl groups excluding tert-OH is 3. The molecular weight excluding hydrogens is 332 g/mol. The molecular formula is C21H28O5. The van der Waals surface area contributed by atoms with Gasteiger partial charge in [0.05, 0.1) is 25.9 Å².